The van der Waals surface area contributed by atoms with Crippen LogP contribution in [0.25, 0.3) is 0 Å². The van der Waals surface area contributed by atoms with Gasteiger partial charge in [0, 0.05) is 10.6 Å². The van der Waals surface area contributed by atoms with Crippen molar-refractivity contribution in [1.29, 1.82) is 0 Å². The molecule has 0 aliphatic heterocycles. The summed E-state index contributed by atoms with van der Waals surface area (Å²) in [4.78, 5) is 1.35. The van der Waals surface area contributed by atoms with Gasteiger partial charge in [0.1, 0.15) is 5.75 Å². The van der Waals surface area contributed by atoms with E-state index in [4.69, 9.17) is 16.3 Å². The summed E-state index contributed by atoms with van der Waals surface area (Å²) >= 11 is 8.02. The molecule has 0 amide bonds. The van der Waals surface area contributed by atoms with Crippen LogP contribution in [0.4, 0.5) is 5.69 Å². The van der Waals surface area contributed by atoms with Crippen LogP contribution in [-0.4, -0.2) is 6.10 Å². The maximum atomic E-state index is 6.25. The fourth-order valence-electron chi connectivity index (χ4n) is 2.08. The first kappa shape index (κ1) is 15.2. The van der Waals surface area contributed by atoms with Crippen molar-refractivity contribution in [1.82, 2.24) is 0 Å². The molecule has 0 radical (unpaired) electrons. The molecule has 0 spiro atoms. The number of hydrogen-bond acceptors (Lipinski definition) is 3. The van der Waals surface area contributed by atoms with Gasteiger partial charge in [-0.3, -0.25) is 0 Å². The molecule has 1 aromatic carbocycles. The summed E-state index contributed by atoms with van der Waals surface area (Å²) in [6, 6.07) is 8.24. The van der Waals surface area contributed by atoms with Crippen molar-refractivity contribution in [3.05, 3.63) is 45.1 Å². The first-order chi connectivity index (χ1) is 9.47. The zero-order valence-corrected chi connectivity index (χ0v) is 13.8. The van der Waals surface area contributed by atoms with Crippen molar-refractivity contribution in [3.63, 3.8) is 0 Å². The van der Waals surface area contributed by atoms with Gasteiger partial charge in [0.15, 0.2) is 0 Å². The lowest BCUT2D eigenvalue weighted by Gasteiger charge is -2.17. The molecular formula is C16H20ClNOS. The summed E-state index contributed by atoms with van der Waals surface area (Å²) in [5.74, 6) is 0.729. The summed E-state index contributed by atoms with van der Waals surface area (Å²) in [6.07, 6.45) is 0.124. The summed E-state index contributed by atoms with van der Waals surface area (Å²) in [7, 11) is 0. The van der Waals surface area contributed by atoms with Gasteiger partial charge in [0.25, 0.3) is 0 Å². The van der Waals surface area contributed by atoms with Crippen LogP contribution in [0.15, 0.2) is 29.6 Å². The number of ether oxygens (including phenoxy) is 1. The zero-order chi connectivity index (χ0) is 14.7. The first-order valence-corrected chi connectivity index (χ1v) is 8.00. The number of anilines is 1. The summed E-state index contributed by atoms with van der Waals surface area (Å²) in [5.41, 5.74) is 2.33. The summed E-state index contributed by atoms with van der Waals surface area (Å²) < 4.78 is 5.64. The quantitative estimate of drug-likeness (QED) is 0.768. The van der Waals surface area contributed by atoms with E-state index in [2.05, 4.69) is 30.6 Å². The van der Waals surface area contributed by atoms with Gasteiger partial charge in [0.2, 0.25) is 0 Å². The average molecular weight is 310 g/mol. The van der Waals surface area contributed by atoms with Gasteiger partial charge in [-0.1, -0.05) is 11.6 Å². The topological polar surface area (TPSA) is 21.3 Å². The molecule has 1 heterocycles. The summed E-state index contributed by atoms with van der Waals surface area (Å²) in [5, 5.41) is 6.24. The number of nitrogens with one attached hydrogen (secondary N) is 1. The first-order valence-electron chi connectivity index (χ1n) is 6.74. The Hall–Kier alpha value is -1.19. The second-order valence-corrected chi connectivity index (χ2v) is 6.50. The lowest BCUT2D eigenvalue weighted by atomic mass is 10.2. The number of aryl methyl sites for hydroxylation is 1. The third-order valence-electron chi connectivity index (χ3n) is 2.97. The van der Waals surface area contributed by atoms with Gasteiger partial charge >= 0.3 is 0 Å². The van der Waals surface area contributed by atoms with E-state index in [9.17, 15) is 0 Å². The van der Waals surface area contributed by atoms with Crippen molar-refractivity contribution < 1.29 is 4.74 Å². The van der Waals surface area contributed by atoms with E-state index in [0.717, 1.165) is 11.4 Å². The maximum Gasteiger partial charge on any atom is 0.138 e. The molecule has 2 rings (SSSR count). The fourth-order valence-corrected chi connectivity index (χ4v) is 3.24. The van der Waals surface area contributed by atoms with Crippen LogP contribution < -0.4 is 10.1 Å². The van der Waals surface area contributed by atoms with Gasteiger partial charge < -0.3 is 10.1 Å². The molecule has 4 heteroatoms. The van der Waals surface area contributed by atoms with Crippen LogP contribution >= 0.6 is 22.9 Å². The Kier molecular flexibility index (Phi) is 4.95. The number of thiophene rings is 1. The Labute approximate surface area is 129 Å². The Morgan fingerprint density at radius 1 is 1.20 bits per heavy atom. The molecule has 0 aliphatic carbocycles. The fraction of sp³-hybridized carbons (Fsp3) is 0.375. The van der Waals surface area contributed by atoms with Crippen molar-refractivity contribution in [2.24, 2.45) is 0 Å². The molecular weight excluding hydrogens is 290 g/mol. The predicted molar refractivity (Wildman–Crippen MR) is 88.3 cm³/mol. The lowest BCUT2D eigenvalue weighted by molar-refractivity contribution is 0.242. The SMILES string of the molecule is Cc1ccsc1C(C)Nc1ccc(OC(C)C)c(Cl)c1. The molecule has 0 bridgehead atoms. The molecule has 1 unspecified atom stereocenters. The second kappa shape index (κ2) is 6.51. The minimum Gasteiger partial charge on any atom is -0.489 e. The van der Waals surface area contributed by atoms with Crippen molar-refractivity contribution in [2.45, 2.75) is 39.8 Å². The van der Waals surface area contributed by atoms with E-state index < -0.39 is 0 Å². The van der Waals surface area contributed by atoms with Gasteiger partial charge in [-0.25, -0.2) is 0 Å². The van der Waals surface area contributed by atoms with Gasteiger partial charge in [-0.05, 0) is 62.9 Å². The number of benzene rings is 1. The maximum absolute atomic E-state index is 6.25. The molecule has 0 fully saturated rings. The molecule has 1 aromatic heterocycles. The molecule has 0 aliphatic rings. The van der Waals surface area contributed by atoms with E-state index in [1.807, 2.05) is 32.0 Å². The highest BCUT2D eigenvalue weighted by atomic mass is 35.5. The number of hydrogen-bond donors (Lipinski definition) is 1. The van der Waals surface area contributed by atoms with Crippen LogP contribution in [0, 0.1) is 6.92 Å². The normalized spacial score (nSPS) is 12.5. The van der Waals surface area contributed by atoms with E-state index in [-0.39, 0.29) is 12.1 Å². The predicted octanol–water partition coefficient (Wildman–Crippen LogP) is 5.67. The Morgan fingerprint density at radius 3 is 2.50 bits per heavy atom. The molecule has 108 valence electrons. The zero-order valence-electron chi connectivity index (χ0n) is 12.2. The second-order valence-electron chi connectivity index (χ2n) is 5.15. The van der Waals surface area contributed by atoms with E-state index >= 15 is 0 Å². The molecule has 2 aromatic rings. The largest absolute Gasteiger partial charge is 0.489 e. The average Bonchev–Trinajstić information content (AvgIpc) is 2.78. The molecule has 2 nitrogen and oxygen atoms in total. The van der Waals surface area contributed by atoms with Gasteiger partial charge in [-0.15, -0.1) is 11.3 Å². The lowest BCUT2D eigenvalue weighted by Crippen LogP contribution is -2.08. The van der Waals surface area contributed by atoms with Crippen LogP contribution in [-0.2, 0) is 0 Å². The molecule has 0 saturated carbocycles. The van der Waals surface area contributed by atoms with Crippen molar-refractivity contribution in [3.8, 4) is 5.75 Å². The van der Waals surface area contributed by atoms with Crippen molar-refractivity contribution >= 4 is 28.6 Å². The van der Waals surface area contributed by atoms with E-state index in [1.165, 1.54) is 10.4 Å². The van der Waals surface area contributed by atoms with Gasteiger partial charge in [-0.2, -0.15) is 0 Å². The third-order valence-corrected chi connectivity index (χ3v) is 4.47. The molecule has 20 heavy (non-hydrogen) atoms. The van der Waals surface area contributed by atoms with Crippen molar-refractivity contribution in [2.75, 3.05) is 5.32 Å². The Balaban J connectivity index is 2.11. The smallest absolute Gasteiger partial charge is 0.138 e. The summed E-state index contributed by atoms with van der Waals surface area (Å²) in [6.45, 7) is 8.27. The Bertz CT molecular complexity index is 580. The standard InChI is InChI=1S/C16H20ClNOS/c1-10(2)19-15-6-5-13(9-14(15)17)18-12(4)16-11(3)7-8-20-16/h5-10,12,18H,1-4H3. The number of halogens is 1. The minimum atomic E-state index is 0.124. The Morgan fingerprint density at radius 2 is 1.95 bits per heavy atom. The van der Waals surface area contributed by atoms with Crippen LogP contribution in [0.5, 0.6) is 5.75 Å². The highest BCUT2D eigenvalue weighted by Crippen LogP contribution is 2.31. The van der Waals surface area contributed by atoms with E-state index in [0.29, 0.717) is 5.02 Å². The number of rotatable bonds is 5. The van der Waals surface area contributed by atoms with Crippen LogP contribution in [0.2, 0.25) is 5.02 Å². The minimum absolute atomic E-state index is 0.124. The van der Waals surface area contributed by atoms with Crippen LogP contribution in [0.1, 0.15) is 37.3 Å². The van der Waals surface area contributed by atoms with E-state index in [1.54, 1.807) is 11.3 Å². The van der Waals surface area contributed by atoms with Crippen LogP contribution in [0.3, 0.4) is 0 Å². The third kappa shape index (κ3) is 3.68. The highest BCUT2D eigenvalue weighted by Gasteiger charge is 2.11. The highest BCUT2D eigenvalue weighted by molar-refractivity contribution is 7.10. The molecule has 1 atom stereocenters. The van der Waals surface area contributed by atoms with Gasteiger partial charge in [0.05, 0.1) is 17.2 Å². The molecule has 1 N–H and O–H groups in total. The molecule has 0 saturated heterocycles. The monoisotopic (exact) mass is 309 g/mol.